The van der Waals surface area contributed by atoms with E-state index in [4.69, 9.17) is 15.1 Å². The largest absolute Gasteiger partial charge is 0.480 e. The van der Waals surface area contributed by atoms with Crippen molar-refractivity contribution in [2.24, 2.45) is 5.92 Å². The third-order valence-electron chi connectivity index (χ3n) is 2.00. The molecule has 16 heavy (non-hydrogen) atoms. The molecule has 6 nitrogen and oxygen atoms in total. The third-order valence-corrected chi connectivity index (χ3v) is 2.00. The predicted octanol–water partition coefficient (Wildman–Crippen LogP) is 0.142. The maximum absolute atomic E-state index is 11.2. The molecule has 0 spiro atoms. The van der Waals surface area contributed by atoms with Gasteiger partial charge in [0.05, 0.1) is 6.07 Å². The van der Waals surface area contributed by atoms with E-state index in [1.165, 1.54) is 0 Å². The topological polar surface area (TPSA) is 99.4 Å². The zero-order chi connectivity index (χ0) is 12.6. The Bertz CT molecular complexity index is 285. The first kappa shape index (κ1) is 14.4. The molecule has 0 aliphatic heterocycles. The summed E-state index contributed by atoms with van der Waals surface area (Å²) >= 11 is 0. The van der Waals surface area contributed by atoms with Crippen LogP contribution < -0.4 is 5.32 Å². The molecule has 0 saturated heterocycles. The lowest BCUT2D eigenvalue weighted by atomic mass is 9.99. The minimum absolute atomic E-state index is 0.0753. The Hall–Kier alpha value is -1.61. The summed E-state index contributed by atoms with van der Waals surface area (Å²) in [5.41, 5.74) is 0. The number of nitrogens with one attached hydrogen (secondary N) is 1. The molecule has 0 bridgehead atoms. The van der Waals surface area contributed by atoms with Crippen LogP contribution in [0, 0.1) is 17.2 Å². The van der Waals surface area contributed by atoms with Crippen LogP contribution in [0.2, 0.25) is 0 Å². The first-order chi connectivity index (χ1) is 7.52. The molecule has 0 radical (unpaired) electrons. The minimum atomic E-state index is -1.15. The molecule has 6 heteroatoms. The van der Waals surface area contributed by atoms with Crippen LogP contribution in [0.4, 0.5) is 0 Å². The van der Waals surface area contributed by atoms with Crippen molar-refractivity contribution in [3.8, 4) is 6.07 Å². The van der Waals surface area contributed by atoms with Gasteiger partial charge in [-0.25, -0.2) is 4.79 Å². The van der Waals surface area contributed by atoms with Crippen molar-refractivity contribution >= 4 is 11.9 Å². The van der Waals surface area contributed by atoms with Gasteiger partial charge in [0.25, 0.3) is 0 Å². The highest BCUT2D eigenvalue weighted by Gasteiger charge is 2.26. The van der Waals surface area contributed by atoms with E-state index in [0.29, 0.717) is 6.61 Å². The maximum Gasteiger partial charge on any atom is 0.326 e. The lowest BCUT2D eigenvalue weighted by molar-refractivity contribution is -0.144. The number of rotatable bonds is 7. The Labute approximate surface area is 94.2 Å². The van der Waals surface area contributed by atoms with E-state index in [1.807, 2.05) is 6.07 Å². The van der Waals surface area contributed by atoms with Crippen molar-refractivity contribution in [1.29, 1.82) is 5.26 Å². The molecule has 0 unspecified atom stereocenters. The van der Waals surface area contributed by atoms with Crippen molar-refractivity contribution in [3.63, 3.8) is 0 Å². The van der Waals surface area contributed by atoms with Gasteiger partial charge < -0.3 is 15.2 Å². The quantitative estimate of drug-likeness (QED) is 0.645. The van der Waals surface area contributed by atoms with Crippen molar-refractivity contribution in [1.82, 2.24) is 5.32 Å². The van der Waals surface area contributed by atoms with Crippen LogP contribution in [0.5, 0.6) is 0 Å². The van der Waals surface area contributed by atoms with E-state index in [9.17, 15) is 9.59 Å². The molecule has 2 atom stereocenters. The summed E-state index contributed by atoms with van der Waals surface area (Å²) in [4.78, 5) is 22.1. The highest BCUT2D eigenvalue weighted by molar-refractivity contribution is 5.84. The van der Waals surface area contributed by atoms with Crippen LogP contribution in [-0.4, -0.2) is 36.2 Å². The number of carboxylic acid groups (broad SMARTS) is 1. The van der Waals surface area contributed by atoms with E-state index in [-0.39, 0.29) is 13.0 Å². The number of ether oxygens (including phenoxy) is 1. The molecule has 1 amide bonds. The Morgan fingerprint density at radius 2 is 2.19 bits per heavy atom. The van der Waals surface area contributed by atoms with Crippen LogP contribution in [0.1, 0.15) is 20.3 Å². The van der Waals surface area contributed by atoms with Crippen molar-refractivity contribution in [2.45, 2.75) is 26.3 Å². The number of amides is 1. The van der Waals surface area contributed by atoms with E-state index < -0.39 is 23.8 Å². The molecule has 2 N–H and O–H groups in total. The second-order valence-corrected chi connectivity index (χ2v) is 3.36. The van der Waals surface area contributed by atoms with Gasteiger partial charge in [-0.15, -0.1) is 0 Å². The highest BCUT2D eigenvalue weighted by Crippen LogP contribution is 2.07. The fourth-order valence-corrected chi connectivity index (χ4v) is 1.12. The monoisotopic (exact) mass is 228 g/mol. The van der Waals surface area contributed by atoms with Gasteiger partial charge in [-0.3, -0.25) is 4.79 Å². The molecule has 90 valence electrons. The molecular weight excluding hydrogens is 212 g/mol. The molecule has 0 saturated carbocycles. The van der Waals surface area contributed by atoms with Crippen LogP contribution >= 0.6 is 0 Å². The molecule has 0 aromatic rings. The van der Waals surface area contributed by atoms with Crippen molar-refractivity contribution < 1.29 is 19.4 Å². The number of hydrogen-bond donors (Lipinski definition) is 2. The summed E-state index contributed by atoms with van der Waals surface area (Å²) in [6.45, 7) is 3.56. The Morgan fingerprint density at radius 1 is 1.56 bits per heavy atom. The summed E-state index contributed by atoms with van der Waals surface area (Å²) in [5, 5.41) is 19.7. The lowest BCUT2D eigenvalue weighted by Gasteiger charge is -2.19. The van der Waals surface area contributed by atoms with Gasteiger partial charge in [0, 0.05) is 18.9 Å². The fourth-order valence-electron chi connectivity index (χ4n) is 1.12. The van der Waals surface area contributed by atoms with Crippen LogP contribution in [0.15, 0.2) is 0 Å². The smallest absolute Gasteiger partial charge is 0.326 e. The number of aliphatic carboxylic acids is 1. The molecule has 0 heterocycles. The number of carbonyl (C=O) groups is 2. The maximum atomic E-state index is 11.2. The molecular formula is C10H16N2O4. The SMILES string of the molecule is CCOCC(=O)N[C@@H](C(=O)O)[C@H](C)CC#N. The first-order valence-corrected chi connectivity index (χ1v) is 4.99. The summed E-state index contributed by atoms with van der Waals surface area (Å²) in [6.07, 6.45) is 0.0753. The van der Waals surface area contributed by atoms with Gasteiger partial charge >= 0.3 is 5.97 Å². The van der Waals surface area contributed by atoms with E-state index >= 15 is 0 Å². The van der Waals surface area contributed by atoms with Gasteiger partial charge in [-0.2, -0.15) is 5.26 Å². The number of hydrogen-bond acceptors (Lipinski definition) is 4. The molecule has 0 aliphatic carbocycles. The summed E-state index contributed by atoms with van der Waals surface area (Å²) < 4.78 is 4.85. The van der Waals surface area contributed by atoms with Crippen molar-refractivity contribution in [2.75, 3.05) is 13.2 Å². The summed E-state index contributed by atoms with van der Waals surface area (Å²) in [5.74, 6) is -2.07. The lowest BCUT2D eigenvalue weighted by Crippen LogP contribution is -2.46. The predicted molar refractivity (Wildman–Crippen MR) is 55.5 cm³/mol. The number of carboxylic acids is 1. The zero-order valence-electron chi connectivity index (χ0n) is 9.40. The number of nitriles is 1. The average Bonchev–Trinajstić information content (AvgIpc) is 2.22. The van der Waals surface area contributed by atoms with Gasteiger partial charge in [-0.05, 0) is 6.92 Å². The van der Waals surface area contributed by atoms with E-state index in [1.54, 1.807) is 13.8 Å². The van der Waals surface area contributed by atoms with Gasteiger partial charge in [0.2, 0.25) is 5.91 Å². The highest BCUT2D eigenvalue weighted by atomic mass is 16.5. The Kier molecular flexibility index (Phi) is 6.88. The standard InChI is InChI=1S/C10H16N2O4/c1-3-16-6-8(13)12-9(10(14)15)7(2)4-5-11/h7,9H,3-4,6H2,1-2H3,(H,12,13)(H,14,15)/t7-,9-/m1/s1. The van der Waals surface area contributed by atoms with E-state index in [0.717, 1.165) is 0 Å². The number of carbonyl (C=O) groups excluding carboxylic acids is 1. The Morgan fingerprint density at radius 3 is 2.62 bits per heavy atom. The Balaban J connectivity index is 4.29. The molecule has 0 fully saturated rings. The third kappa shape index (κ3) is 5.32. The van der Waals surface area contributed by atoms with Crippen LogP contribution in [0.25, 0.3) is 0 Å². The fraction of sp³-hybridized carbons (Fsp3) is 0.700. The first-order valence-electron chi connectivity index (χ1n) is 4.99. The van der Waals surface area contributed by atoms with Crippen LogP contribution in [0.3, 0.4) is 0 Å². The van der Waals surface area contributed by atoms with Gasteiger partial charge in [0.15, 0.2) is 0 Å². The second kappa shape index (κ2) is 7.65. The molecule has 0 aromatic carbocycles. The summed E-state index contributed by atoms with van der Waals surface area (Å²) in [7, 11) is 0. The average molecular weight is 228 g/mol. The minimum Gasteiger partial charge on any atom is -0.480 e. The second-order valence-electron chi connectivity index (χ2n) is 3.36. The van der Waals surface area contributed by atoms with Gasteiger partial charge in [0.1, 0.15) is 12.6 Å². The zero-order valence-corrected chi connectivity index (χ0v) is 9.40. The van der Waals surface area contributed by atoms with Crippen molar-refractivity contribution in [3.05, 3.63) is 0 Å². The van der Waals surface area contributed by atoms with Crippen LogP contribution in [-0.2, 0) is 14.3 Å². The summed E-state index contributed by atoms with van der Waals surface area (Å²) in [6, 6.07) is 0.825. The molecule has 0 aliphatic rings. The number of nitrogens with zero attached hydrogens (tertiary/aromatic N) is 1. The van der Waals surface area contributed by atoms with E-state index in [2.05, 4.69) is 5.32 Å². The molecule has 0 aromatic heterocycles. The van der Waals surface area contributed by atoms with Gasteiger partial charge in [-0.1, -0.05) is 6.92 Å². The normalized spacial score (nSPS) is 13.6. The molecule has 0 rings (SSSR count).